The minimum Gasteiger partial charge on any atom is -0.0695 e. The first-order valence-electron chi connectivity index (χ1n) is 5.95. The first-order valence-corrected chi connectivity index (χ1v) is 5.95. The van der Waals surface area contributed by atoms with Crippen LogP contribution >= 0.6 is 0 Å². The Morgan fingerprint density at radius 2 is 1.73 bits per heavy atom. The molecule has 0 spiro atoms. The maximum absolute atomic E-state index is 2.32. The van der Waals surface area contributed by atoms with Gasteiger partial charge in [-0.3, -0.25) is 0 Å². The minimum absolute atomic E-state index is 0.660. The Kier molecular flexibility index (Phi) is 4.61. The van der Waals surface area contributed by atoms with E-state index in [4.69, 9.17) is 0 Å². The number of benzene rings is 1. The van der Waals surface area contributed by atoms with Gasteiger partial charge in [0, 0.05) is 0 Å². The van der Waals surface area contributed by atoms with Crippen molar-refractivity contribution in [2.45, 2.75) is 40.5 Å². The van der Waals surface area contributed by atoms with Crippen LogP contribution in [0, 0.1) is 5.92 Å². The van der Waals surface area contributed by atoms with Crippen LogP contribution < -0.4 is 0 Å². The van der Waals surface area contributed by atoms with Crippen molar-refractivity contribution in [1.29, 1.82) is 0 Å². The Balaban J connectivity index is 3.14. The van der Waals surface area contributed by atoms with Gasteiger partial charge in [0.15, 0.2) is 0 Å². The summed E-state index contributed by atoms with van der Waals surface area (Å²) in [5.41, 5.74) is 4.46. The fraction of sp³-hybridized carbons (Fsp3) is 0.467. The molecular formula is C15H22. The lowest BCUT2D eigenvalue weighted by Gasteiger charge is -2.18. The summed E-state index contributed by atoms with van der Waals surface area (Å²) in [7, 11) is 0. The average Bonchev–Trinajstić information content (AvgIpc) is 2.30. The van der Waals surface area contributed by atoms with E-state index in [0.717, 1.165) is 6.42 Å². The van der Waals surface area contributed by atoms with Crippen LogP contribution in [-0.4, -0.2) is 0 Å². The lowest BCUT2D eigenvalue weighted by Crippen LogP contribution is -2.00. The lowest BCUT2D eigenvalue weighted by atomic mass is 9.87. The number of allylic oxidation sites excluding steroid dienone is 2. The van der Waals surface area contributed by atoms with E-state index in [0.29, 0.717) is 5.92 Å². The Morgan fingerprint density at radius 1 is 1.13 bits per heavy atom. The highest BCUT2D eigenvalue weighted by molar-refractivity contribution is 5.69. The molecule has 0 saturated heterocycles. The molecule has 0 bridgehead atoms. The molecule has 15 heavy (non-hydrogen) atoms. The molecule has 0 amide bonds. The summed E-state index contributed by atoms with van der Waals surface area (Å²) >= 11 is 0. The highest BCUT2D eigenvalue weighted by Crippen LogP contribution is 2.29. The van der Waals surface area contributed by atoms with Gasteiger partial charge in [0.05, 0.1) is 0 Å². The van der Waals surface area contributed by atoms with Gasteiger partial charge in [-0.1, -0.05) is 56.7 Å². The summed E-state index contributed by atoms with van der Waals surface area (Å²) in [5.74, 6) is 0.660. The molecule has 82 valence electrons. The average molecular weight is 202 g/mol. The van der Waals surface area contributed by atoms with Gasteiger partial charge in [0.2, 0.25) is 0 Å². The maximum Gasteiger partial charge on any atom is -0.0188 e. The molecule has 1 atom stereocenters. The molecule has 0 heteroatoms. The summed E-state index contributed by atoms with van der Waals surface area (Å²) in [6, 6.07) is 10.8. The quantitative estimate of drug-likeness (QED) is 0.650. The Labute approximate surface area is 94.0 Å². The van der Waals surface area contributed by atoms with E-state index in [1.165, 1.54) is 17.6 Å². The second-order valence-corrected chi connectivity index (χ2v) is 4.22. The molecule has 0 aliphatic carbocycles. The highest BCUT2D eigenvalue weighted by Gasteiger charge is 2.11. The van der Waals surface area contributed by atoms with Crippen LogP contribution in [0.5, 0.6) is 0 Å². The first kappa shape index (κ1) is 12.0. The van der Waals surface area contributed by atoms with Crippen LogP contribution in [0.25, 0.3) is 5.57 Å². The third kappa shape index (κ3) is 2.95. The summed E-state index contributed by atoms with van der Waals surface area (Å²) in [5, 5.41) is 0. The van der Waals surface area contributed by atoms with E-state index in [1.54, 1.807) is 5.57 Å². The molecule has 0 nitrogen and oxygen atoms in total. The molecule has 1 rings (SSSR count). The van der Waals surface area contributed by atoms with Gasteiger partial charge >= 0.3 is 0 Å². The summed E-state index contributed by atoms with van der Waals surface area (Å²) < 4.78 is 0. The minimum atomic E-state index is 0.660. The Morgan fingerprint density at radius 3 is 2.20 bits per heavy atom. The van der Waals surface area contributed by atoms with Crippen LogP contribution in [0.2, 0.25) is 0 Å². The zero-order valence-electron chi connectivity index (χ0n) is 10.4. The van der Waals surface area contributed by atoms with E-state index < -0.39 is 0 Å². The molecule has 0 heterocycles. The molecule has 0 N–H and O–H groups in total. The van der Waals surface area contributed by atoms with Crippen LogP contribution in [-0.2, 0) is 0 Å². The topological polar surface area (TPSA) is 0 Å². The van der Waals surface area contributed by atoms with Crippen LogP contribution in [0.15, 0.2) is 35.9 Å². The third-order valence-corrected chi connectivity index (χ3v) is 3.18. The monoisotopic (exact) mass is 202 g/mol. The van der Waals surface area contributed by atoms with E-state index in [-0.39, 0.29) is 0 Å². The molecule has 0 radical (unpaired) electrons. The van der Waals surface area contributed by atoms with Crippen molar-refractivity contribution in [1.82, 2.24) is 0 Å². The molecule has 1 unspecified atom stereocenters. The van der Waals surface area contributed by atoms with Crippen molar-refractivity contribution in [3.05, 3.63) is 41.5 Å². The van der Waals surface area contributed by atoms with Gasteiger partial charge < -0.3 is 0 Å². The summed E-state index contributed by atoms with van der Waals surface area (Å²) in [4.78, 5) is 0. The third-order valence-electron chi connectivity index (χ3n) is 3.18. The molecule has 0 aliphatic rings. The van der Waals surface area contributed by atoms with Gasteiger partial charge in [0.1, 0.15) is 0 Å². The van der Waals surface area contributed by atoms with E-state index in [2.05, 4.69) is 58.0 Å². The molecule has 0 aromatic heterocycles. The summed E-state index contributed by atoms with van der Waals surface area (Å²) in [6.45, 7) is 9.08. The second-order valence-electron chi connectivity index (χ2n) is 4.22. The van der Waals surface area contributed by atoms with Gasteiger partial charge in [-0.2, -0.15) is 0 Å². The van der Waals surface area contributed by atoms with Crippen molar-refractivity contribution in [3.63, 3.8) is 0 Å². The molecule has 0 aliphatic heterocycles. The van der Waals surface area contributed by atoms with Crippen molar-refractivity contribution in [3.8, 4) is 0 Å². The highest BCUT2D eigenvalue weighted by atomic mass is 14.2. The van der Waals surface area contributed by atoms with Gasteiger partial charge in [-0.15, -0.1) is 0 Å². The Bertz CT molecular complexity index is 319. The molecule has 1 aromatic carbocycles. The number of hydrogen-bond acceptors (Lipinski definition) is 0. The SMILES string of the molecule is CCC(C)=C(c1ccccc1)C(C)CC. The predicted octanol–water partition coefficient (Wildman–Crippen LogP) is 4.92. The van der Waals surface area contributed by atoms with Crippen LogP contribution in [0.4, 0.5) is 0 Å². The zero-order chi connectivity index (χ0) is 11.3. The number of rotatable bonds is 4. The largest absolute Gasteiger partial charge is 0.0695 e. The molecular weight excluding hydrogens is 180 g/mol. The first-order chi connectivity index (χ1) is 7.20. The van der Waals surface area contributed by atoms with Gasteiger partial charge in [-0.05, 0) is 36.8 Å². The van der Waals surface area contributed by atoms with E-state index in [1.807, 2.05) is 0 Å². The van der Waals surface area contributed by atoms with Crippen molar-refractivity contribution >= 4 is 5.57 Å². The zero-order valence-corrected chi connectivity index (χ0v) is 10.4. The normalized spacial score (nSPS) is 14.7. The smallest absolute Gasteiger partial charge is 0.0188 e. The van der Waals surface area contributed by atoms with E-state index >= 15 is 0 Å². The number of hydrogen-bond donors (Lipinski definition) is 0. The van der Waals surface area contributed by atoms with Gasteiger partial charge in [-0.25, -0.2) is 0 Å². The molecule has 1 aromatic rings. The molecule has 0 saturated carbocycles. The van der Waals surface area contributed by atoms with Crippen molar-refractivity contribution < 1.29 is 0 Å². The lowest BCUT2D eigenvalue weighted by molar-refractivity contribution is 0.710. The molecule has 0 fully saturated rings. The van der Waals surface area contributed by atoms with Crippen molar-refractivity contribution in [2.24, 2.45) is 5.92 Å². The Hall–Kier alpha value is -1.04. The van der Waals surface area contributed by atoms with Crippen LogP contribution in [0.3, 0.4) is 0 Å². The fourth-order valence-corrected chi connectivity index (χ4v) is 1.96. The van der Waals surface area contributed by atoms with Crippen molar-refractivity contribution in [2.75, 3.05) is 0 Å². The fourth-order valence-electron chi connectivity index (χ4n) is 1.96. The predicted molar refractivity (Wildman–Crippen MR) is 68.8 cm³/mol. The van der Waals surface area contributed by atoms with Crippen LogP contribution in [0.1, 0.15) is 46.1 Å². The maximum atomic E-state index is 2.32. The second kappa shape index (κ2) is 5.75. The standard InChI is InChI=1S/C15H22/c1-5-12(3)15(13(4)6-2)14-10-8-7-9-11-14/h7-12H,5-6H2,1-4H3. The van der Waals surface area contributed by atoms with E-state index in [9.17, 15) is 0 Å². The van der Waals surface area contributed by atoms with Gasteiger partial charge in [0.25, 0.3) is 0 Å². The summed E-state index contributed by atoms with van der Waals surface area (Å²) in [6.07, 6.45) is 2.36.